The number of hydrogen-bond donors (Lipinski definition) is 0. The molecule has 1 aromatic heterocycles. The molecule has 1 heterocycles. The van der Waals surface area contributed by atoms with Gasteiger partial charge in [-0.25, -0.2) is 4.57 Å². The molecule has 0 fully saturated rings. The van der Waals surface area contributed by atoms with Crippen molar-refractivity contribution >= 4 is 0 Å². The van der Waals surface area contributed by atoms with Crippen LogP contribution in [0.4, 0.5) is 0 Å². The second-order valence-electron chi connectivity index (χ2n) is 10.3. The van der Waals surface area contributed by atoms with Crippen LogP contribution in [0.5, 0.6) is 0 Å². The molecule has 1 nitrogen and oxygen atoms in total. The van der Waals surface area contributed by atoms with Crippen LogP contribution < -0.4 is 4.57 Å². The summed E-state index contributed by atoms with van der Waals surface area (Å²) in [6, 6.07) is 4.69. The first-order valence-electron chi connectivity index (χ1n) is 14.8. The minimum absolute atomic E-state index is 1.18. The summed E-state index contributed by atoms with van der Waals surface area (Å²) in [6.45, 7) is 5.77. The number of unbranched alkanes of at least 4 members (excludes halogenated alkanes) is 20. The predicted molar refractivity (Wildman–Crippen MR) is 143 cm³/mol. The van der Waals surface area contributed by atoms with E-state index in [4.69, 9.17) is 0 Å². The van der Waals surface area contributed by atoms with E-state index < -0.39 is 0 Å². The smallest absolute Gasteiger partial charge is 0.169 e. The van der Waals surface area contributed by atoms with E-state index in [0.29, 0.717) is 0 Å². The fourth-order valence-electron chi connectivity index (χ4n) is 4.76. The summed E-state index contributed by atoms with van der Waals surface area (Å²) in [5.74, 6) is 0. The summed E-state index contributed by atoms with van der Waals surface area (Å²) in [5, 5.41) is 0. The van der Waals surface area contributed by atoms with E-state index in [0.717, 1.165) is 0 Å². The highest BCUT2D eigenvalue weighted by Gasteiger charge is 2.01. The Bertz CT molecular complexity index is 478. The molecule has 0 saturated heterocycles. The number of hydrogen-bond acceptors (Lipinski definition) is 0. The average molecular weight is 445 g/mol. The standard InChI is InChI=1S/C31H58N/c1-3-5-7-9-10-11-12-13-14-15-16-17-18-19-20-21-23-25-31-26-29-32(30-27-31)28-24-22-8-6-4-2/h26-27,29-30H,3-25,28H2,1-2H3/q+1. The Labute approximate surface area is 202 Å². The Morgan fingerprint density at radius 1 is 0.438 bits per heavy atom. The van der Waals surface area contributed by atoms with E-state index in [9.17, 15) is 0 Å². The molecule has 0 aliphatic carbocycles. The van der Waals surface area contributed by atoms with Gasteiger partial charge in [0.05, 0.1) is 0 Å². The maximum absolute atomic E-state index is 2.37. The molecule has 186 valence electrons. The molecule has 0 atom stereocenters. The van der Waals surface area contributed by atoms with Crippen LogP contribution in [0.15, 0.2) is 24.5 Å². The maximum Gasteiger partial charge on any atom is 0.169 e. The second kappa shape index (κ2) is 23.3. The zero-order valence-corrected chi connectivity index (χ0v) is 22.2. The summed E-state index contributed by atoms with van der Waals surface area (Å²) < 4.78 is 2.37. The van der Waals surface area contributed by atoms with Crippen LogP contribution >= 0.6 is 0 Å². The fourth-order valence-corrected chi connectivity index (χ4v) is 4.76. The van der Waals surface area contributed by atoms with Crippen LogP contribution in [0.3, 0.4) is 0 Å². The van der Waals surface area contributed by atoms with Crippen LogP contribution in [0.1, 0.15) is 161 Å². The topological polar surface area (TPSA) is 3.88 Å². The van der Waals surface area contributed by atoms with Crippen molar-refractivity contribution in [2.45, 2.75) is 168 Å². The van der Waals surface area contributed by atoms with Crippen molar-refractivity contribution in [1.29, 1.82) is 0 Å². The normalized spacial score (nSPS) is 11.3. The monoisotopic (exact) mass is 444 g/mol. The van der Waals surface area contributed by atoms with Gasteiger partial charge in [-0.15, -0.1) is 0 Å². The van der Waals surface area contributed by atoms with E-state index >= 15 is 0 Å². The summed E-state index contributed by atoms with van der Waals surface area (Å²) in [4.78, 5) is 0. The molecule has 32 heavy (non-hydrogen) atoms. The molecule has 0 unspecified atom stereocenters. The van der Waals surface area contributed by atoms with Crippen molar-refractivity contribution < 1.29 is 4.57 Å². The van der Waals surface area contributed by atoms with Gasteiger partial charge in [0, 0.05) is 18.6 Å². The number of nitrogens with zero attached hydrogens (tertiary/aromatic N) is 1. The third-order valence-corrected chi connectivity index (χ3v) is 7.05. The van der Waals surface area contributed by atoms with Gasteiger partial charge in [-0.2, -0.15) is 0 Å². The maximum atomic E-state index is 2.37. The van der Waals surface area contributed by atoms with E-state index in [2.05, 4.69) is 42.9 Å². The van der Waals surface area contributed by atoms with E-state index in [1.807, 2.05) is 0 Å². The van der Waals surface area contributed by atoms with Crippen molar-refractivity contribution in [2.75, 3.05) is 0 Å². The minimum atomic E-state index is 1.18. The van der Waals surface area contributed by atoms with Crippen molar-refractivity contribution in [1.82, 2.24) is 0 Å². The molecule has 1 heteroatoms. The van der Waals surface area contributed by atoms with Gasteiger partial charge in [0.25, 0.3) is 0 Å². The first-order chi connectivity index (χ1) is 15.9. The van der Waals surface area contributed by atoms with Crippen LogP contribution in [-0.4, -0.2) is 0 Å². The van der Waals surface area contributed by atoms with Crippen molar-refractivity contribution in [2.24, 2.45) is 0 Å². The van der Waals surface area contributed by atoms with Crippen LogP contribution in [0, 0.1) is 0 Å². The predicted octanol–water partition coefficient (Wildman–Crippen LogP) is 10.1. The van der Waals surface area contributed by atoms with Gasteiger partial charge >= 0.3 is 0 Å². The highest BCUT2D eigenvalue weighted by atomic mass is 14.9. The highest BCUT2D eigenvalue weighted by molar-refractivity contribution is 5.07. The second-order valence-corrected chi connectivity index (χ2v) is 10.3. The molecule has 0 spiro atoms. The van der Waals surface area contributed by atoms with Gasteiger partial charge in [-0.05, 0) is 24.8 Å². The van der Waals surface area contributed by atoms with Gasteiger partial charge in [-0.3, -0.25) is 0 Å². The minimum Gasteiger partial charge on any atom is -0.205 e. The van der Waals surface area contributed by atoms with Gasteiger partial charge in [-0.1, -0.05) is 136 Å². The first-order valence-corrected chi connectivity index (χ1v) is 14.8. The first kappa shape index (κ1) is 29.2. The number of aromatic nitrogens is 1. The zero-order valence-electron chi connectivity index (χ0n) is 22.2. The molecular weight excluding hydrogens is 386 g/mol. The van der Waals surface area contributed by atoms with Crippen molar-refractivity contribution in [3.8, 4) is 0 Å². The Hall–Kier alpha value is -0.850. The van der Waals surface area contributed by atoms with E-state index in [-0.39, 0.29) is 0 Å². The molecule has 0 N–H and O–H groups in total. The third-order valence-electron chi connectivity index (χ3n) is 7.05. The Balaban J connectivity index is 1.82. The lowest BCUT2D eigenvalue weighted by molar-refractivity contribution is -0.697. The molecule has 0 saturated carbocycles. The van der Waals surface area contributed by atoms with Gasteiger partial charge in [0.2, 0.25) is 0 Å². The van der Waals surface area contributed by atoms with Crippen LogP contribution in [0.2, 0.25) is 0 Å². The van der Waals surface area contributed by atoms with E-state index in [1.165, 1.54) is 160 Å². The Morgan fingerprint density at radius 2 is 0.781 bits per heavy atom. The summed E-state index contributed by atoms with van der Waals surface area (Å²) in [5.41, 5.74) is 1.52. The van der Waals surface area contributed by atoms with Gasteiger partial charge < -0.3 is 0 Å². The van der Waals surface area contributed by atoms with Crippen molar-refractivity contribution in [3.63, 3.8) is 0 Å². The lowest BCUT2D eigenvalue weighted by Gasteiger charge is -2.04. The Morgan fingerprint density at radius 3 is 1.19 bits per heavy atom. The quantitative estimate of drug-likeness (QED) is 0.110. The molecule has 0 aliphatic rings. The molecule has 0 aromatic carbocycles. The molecule has 1 aromatic rings. The lowest BCUT2D eigenvalue weighted by Crippen LogP contribution is -2.32. The molecule has 0 amide bonds. The lowest BCUT2D eigenvalue weighted by atomic mass is 10.0. The molecular formula is C31H58N+. The van der Waals surface area contributed by atoms with Crippen molar-refractivity contribution in [3.05, 3.63) is 30.1 Å². The molecule has 0 bridgehead atoms. The fraction of sp³-hybridized carbons (Fsp3) is 0.839. The summed E-state index contributed by atoms with van der Waals surface area (Å²) >= 11 is 0. The van der Waals surface area contributed by atoms with Gasteiger partial charge in [0.1, 0.15) is 6.54 Å². The highest BCUT2D eigenvalue weighted by Crippen LogP contribution is 2.14. The molecule has 0 aliphatic heterocycles. The third kappa shape index (κ3) is 18.7. The van der Waals surface area contributed by atoms with Crippen LogP contribution in [-0.2, 0) is 13.0 Å². The molecule has 0 radical (unpaired) electrons. The van der Waals surface area contributed by atoms with E-state index in [1.54, 1.807) is 0 Å². The van der Waals surface area contributed by atoms with Crippen LogP contribution in [0.25, 0.3) is 0 Å². The number of aryl methyl sites for hydroxylation is 2. The zero-order chi connectivity index (χ0) is 23.0. The summed E-state index contributed by atoms with van der Waals surface area (Å²) in [7, 11) is 0. The Kier molecular flexibility index (Phi) is 21.3. The van der Waals surface area contributed by atoms with Gasteiger partial charge in [0.15, 0.2) is 12.4 Å². The summed E-state index contributed by atoms with van der Waals surface area (Å²) in [6.07, 6.45) is 37.3. The largest absolute Gasteiger partial charge is 0.205 e. The molecule has 1 rings (SSSR count). The SMILES string of the molecule is CCCCCCCCCCCCCCCCCCCc1cc[n+](CCCCCCC)cc1. The number of rotatable bonds is 24. The number of pyridine rings is 1. The average Bonchev–Trinajstić information content (AvgIpc) is 2.82.